The van der Waals surface area contributed by atoms with Gasteiger partial charge in [-0.3, -0.25) is 14.9 Å². The summed E-state index contributed by atoms with van der Waals surface area (Å²) in [6, 6.07) is 16.2. The summed E-state index contributed by atoms with van der Waals surface area (Å²) in [5.41, 5.74) is 0.776. The first-order chi connectivity index (χ1) is 14.6. The molecule has 150 valence electrons. The third kappa shape index (κ3) is 4.44. The molecule has 0 aliphatic rings. The Kier molecular flexibility index (Phi) is 5.67. The maximum absolute atomic E-state index is 13.4. The molecule has 1 aromatic heterocycles. The number of carbonyl (C=O) groups is 2. The molecule has 1 heterocycles. The summed E-state index contributed by atoms with van der Waals surface area (Å²) in [5, 5.41) is 8.95. The SMILES string of the molecule is O=C(COc1ccc(C(=O)Nc2cccc(F)c2)c2ccccc12)Nc1nccs1. The Morgan fingerprint density at radius 3 is 2.60 bits per heavy atom. The lowest BCUT2D eigenvalue weighted by Gasteiger charge is -2.13. The molecular formula is C22H16FN3O3S. The summed E-state index contributed by atoms with van der Waals surface area (Å²) in [4.78, 5) is 28.8. The Morgan fingerprint density at radius 2 is 1.83 bits per heavy atom. The zero-order valence-electron chi connectivity index (χ0n) is 15.6. The summed E-state index contributed by atoms with van der Waals surface area (Å²) in [5.74, 6) is -0.661. The minimum Gasteiger partial charge on any atom is -0.483 e. The van der Waals surface area contributed by atoms with Crippen LogP contribution < -0.4 is 15.4 Å². The van der Waals surface area contributed by atoms with E-state index in [4.69, 9.17) is 4.74 Å². The van der Waals surface area contributed by atoms with Crippen molar-refractivity contribution in [2.75, 3.05) is 17.2 Å². The van der Waals surface area contributed by atoms with Crippen LogP contribution in [-0.2, 0) is 4.79 Å². The van der Waals surface area contributed by atoms with Crippen molar-refractivity contribution in [1.82, 2.24) is 4.98 Å². The van der Waals surface area contributed by atoms with E-state index in [0.29, 0.717) is 32.9 Å². The Bertz CT molecular complexity index is 1210. The number of carbonyl (C=O) groups excluding carboxylic acids is 2. The maximum atomic E-state index is 13.4. The molecule has 0 spiro atoms. The van der Waals surface area contributed by atoms with Crippen LogP contribution in [0.1, 0.15) is 10.4 Å². The number of hydrogen-bond donors (Lipinski definition) is 2. The molecule has 0 aliphatic heterocycles. The average molecular weight is 421 g/mol. The van der Waals surface area contributed by atoms with E-state index in [9.17, 15) is 14.0 Å². The molecule has 0 fully saturated rings. The van der Waals surface area contributed by atoms with Crippen LogP contribution in [0.25, 0.3) is 10.8 Å². The number of nitrogens with zero attached hydrogens (tertiary/aromatic N) is 1. The lowest BCUT2D eigenvalue weighted by Crippen LogP contribution is -2.20. The van der Waals surface area contributed by atoms with Gasteiger partial charge < -0.3 is 10.1 Å². The molecule has 3 aromatic carbocycles. The van der Waals surface area contributed by atoms with Crippen molar-refractivity contribution in [2.24, 2.45) is 0 Å². The molecule has 0 saturated heterocycles. The molecule has 0 atom stereocenters. The average Bonchev–Trinajstić information content (AvgIpc) is 3.25. The predicted octanol–water partition coefficient (Wildman–Crippen LogP) is 4.71. The van der Waals surface area contributed by atoms with Crippen molar-refractivity contribution in [1.29, 1.82) is 0 Å². The van der Waals surface area contributed by atoms with Crippen LogP contribution in [0.2, 0.25) is 0 Å². The van der Waals surface area contributed by atoms with E-state index in [-0.39, 0.29) is 18.4 Å². The van der Waals surface area contributed by atoms with Gasteiger partial charge >= 0.3 is 0 Å². The monoisotopic (exact) mass is 421 g/mol. The molecule has 30 heavy (non-hydrogen) atoms. The zero-order chi connectivity index (χ0) is 20.9. The molecule has 2 amide bonds. The smallest absolute Gasteiger partial charge is 0.264 e. The first kappa shape index (κ1) is 19.5. The second-order valence-corrected chi connectivity index (χ2v) is 7.19. The molecule has 6 nitrogen and oxygen atoms in total. The van der Waals surface area contributed by atoms with E-state index >= 15 is 0 Å². The molecule has 4 aromatic rings. The summed E-state index contributed by atoms with van der Waals surface area (Å²) >= 11 is 1.32. The molecule has 0 aliphatic carbocycles. The highest BCUT2D eigenvalue weighted by atomic mass is 32.1. The van der Waals surface area contributed by atoms with Gasteiger partial charge in [-0.15, -0.1) is 11.3 Å². The summed E-state index contributed by atoms with van der Waals surface area (Å²) in [7, 11) is 0. The lowest BCUT2D eigenvalue weighted by atomic mass is 10.0. The number of rotatable bonds is 6. The van der Waals surface area contributed by atoms with Gasteiger partial charge in [-0.2, -0.15) is 0 Å². The van der Waals surface area contributed by atoms with E-state index < -0.39 is 5.82 Å². The van der Waals surface area contributed by atoms with Gasteiger partial charge in [0, 0.05) is 28.2 Å². The van der Waals surface area contributed by atoms with Crippen molar-refractivity contribution < 1.29 is 18.7 Å². The van der Waals surface area contributed by atoms with E-state index in [1.807, 2.05) is 12.1 Å². The number of nitrogens with one attached hydrogen (secondary N) is 2. The minimum atomic E-state index is -0.433. The number of thiazole rings is 1. The summed E-state index contributed by atoms with van der Waals surface area (Å²) < 4.78 is 19.1. The summed E-state index contributed by atoms with van der Waals surface area (Å²) in [6.45, 7) is -0.196. The maximum Gasteiger partial charge on any atom is 0.264 e. The van der Waals surface area contributed by atoms with Crippen LogP contribution in [0.5, 0.6) is 5.75 Å². The second-order valence-electron chi connectivity index (χ2n) is 6.30. The predicted molar refractivity (Wildman–Crippen MR) is 115 cm³/mol. The quantitative estimate of drug-likeness (QED) is 0.473. The number of anilines is 2. The Balaban J connectivity index is 1.54. The highest BCUT2D eigenvalue weighted by Crippen LogP contribution is 2.29. The van der Waals surface area contributed by atoms with Gasteiger partial charge in [0.15, 0.2) is 11.7 Å². The van der Waals surface area contributed by atoms with Crippen LogP contribution in [0.4, 0.5) is 15.2 Å². The highest BCUT2D eigenvalue weighted by Gasteiger charge is 2.14. The standard InChI is InChI=1S/C22H16FN3O3S/c23-14-4-3-5-15(12-14)25-21(28)18-8-9-19(17-7-2-1-6-16(17)18)29-13-20(27)26-22-24-10-11-30-22/h1-12H,13H2,(H,25,28)(H,24,26,27). The lowest BCUT2D eigenvalue weighted by molar-refractivity contribution is -0.118. The fourth-order valence-electron chi connectivity index (χ4n) is 2.94. The highest BCUT2D eigenvalue weighted by molar-refractivity contribution is 7.13. The Morgan fingerprint density at radius 1 is 1.00 bits per heavy atom. The van der Waals surface area contributed by atoms with Crippen LogP contribution in [0, 0.1) is 5.82 Å². The number of aromatic nitrogens is 1. The number of hydrogen-bond acceptors (Lipinski definition) is 5. The van der Waals surface area contributed by atoms with Gasteiger partial charge in [-0.05, 0) is 35.7 Å². The van der Waals surface area contributed by atoms with Crippen molar-refractivity contribution in [3.63, 3.8) is 0 Å². The van der Waals surface area contributed by atoms with Crippen molar-refractivity contribution >= 4 is 44.7 Å². The largest absolute Gasteiger partial charge is 0.483 e. The van der Waals surface area contributed by atoms with Crippen LogP contribution in [0.15, 0.2) is 72.2 Å². The van der Waals surface area contributed by atoms with Crippen LogP contribution >= 0.6 is 11.3 Å². The third-order valence-electron chi connectivity index (χ3n) is 4.25. The molecule has 4 rings (SSSR count). The molecule has 0 saturated carbocycles. The van der Waals surface area contributed by atoms with Crippen molar-refractivity contribution in [2.45, 2.75) is 0 Å². The van der Waals surface area contributed by atoms with Gasteiger partial charge in [0.2, 0.25) is 0 Å². The van der Waals surface area contributed by atoms with E-state index in [1.165, 1.54) is 29.5 Å². The fourth-order valence-corrected chi connectivity index (χ4v) is 3.49. The Hall–Kier alpha value is -3.78. The van der Waals surface area contributed by atoms with Gasteiger partial charge in [-0.1, -0.05) is 30.3 Å². The molecule has 2 N–H and O–H groups in total. The number of ether oxygens (including phenoxy) is 1. The van der Waals surface area contributed by atoms with Crippen LogP contribution in [0.3, 0.4) is 0 Å². The van der Waals surface area contributed by atoms with E-state index in [2.05, 4.69) is 15.6 Å². The van der Waals surface area contributed by atoms with Gasteiger partial charge in [0.05, 0.1) is 0 Å². The van der Waals surface area contributed by atoms with Crippen LogP contribution in [-0.4, -0.2) is 23.4 Å². The van der Waals surface area contributed by atoms with Gasteiger partial charge in [0.1, 0.15) is 11.6 Å². The molecule has 0 radical (unpaired) electrons. The van der Waals surface area contributed by atoms with Gasteiger partial charge in [-0.25, -0.2) is 9.37 Å². The number of fused-ring (bicyclic) bond motifs is 1. The summed E-state index contributed by atoms with van der Waals surface area (Å²) in [6.07, 6.45) is 1.60. The topological polar surface area (TPSA) is 80.3 Å². The first-order valence-electron chi connectivity index (χ1n) is 9.01. The molecular weight excluding hydrogens is 405 g/mol. The third-order valence-corrected chi connectivity index (χ3v) is 4.94. The Labute approximate surface area is 175 Å². The minimum absolute atomic E-state index is 0.196. The number of amides is 2. The number of benzene rings is 3. The fraction of sp³-hybridized carbons (Fsp3) is 0.0455. The molecule has 0 unspecified atom stereocenters. The first-order valence-corrected chi connectivity index (χ1v) is 9.89. The second kappa shape index (κ2) is 8.71. The van der Waals surface area contributed by atoms with Crippen molar-refractivity contribution in [3.05, 3.63) is 83.6 Å². The normalized spacial score (nSPS) is 10.6. The van der Waals surface area contributed by atoms with Gasteiger partial charge in [0.25, 0.3) is 11.8 Å². The van der Waals surface area contributed by atoms with E-state index in [1.54, 1.807) is 41.9 Å². The van der Waals surface area contributed by atoms with E-state index in [0.717, 1.165) is 0 Å². The molecule has 0 bridgehead atoms. The zero-order valence-corrected chi connectivity index (χ0v) is 16.4. The molecule has 8 heteroatoms. The number of halogens is 1. The van der Waals surface area contributed by atoms with Crippen molar-refractivity contribution in [3.8, 4) is 5.75 Å².